The lowest BCUT2D eigenvalue weighted by Crippen LogP contribution is -2.41. The van der Waals surface area contributed by atoms with E-state index in [1.54, 1.807) is 27.8 Å². The Bertz CT molecular complexity index is 1280. The Morgan fingerprint density at radius 1 is 0.658 bits per heavy atom. The fraction of sp³-hybridized carbons (Fsp3) is 0.579. The van der Waals surface area contributed by atoms with Crippen molar-refractivity contribution in [3.63, 3.8) is 0 Å². The van der Waals surface area contributed by atoms with Crippen molar-refractivity contribution in [2.24, 2.45) is 22.2 Å². The third-order valence-electron chi connectivity index (χ3n) is 10.3. The molecule has 3 aliphatic carbocycles. The number of hydrogen-bond donors (Lipinski definition) is 0. The molecule has 0 aliphatic heterocycles. The first-order chi connectivity index (χ1) is 17.3. The summed E-state index contributed by atoms with van der Waals surface area (Å²) >= 11 is 0. The van der Waals surface area contributed by atoms with Crippen LogP contribution in [0.2, 0.25) is 0 Å². The Labute approximate surface area is 234 Å². The van der Waals surface area contributed by atoms with Gasteiger partial charge in [0.1, 0.15) is 0 Å². The van der Waals surface area contributed by atoms with E-state index in [0.717, 1.165) is 6.42 Å². The molecule has 0 nitrogen and oxygen atoms in total. The van der Waals surface area contributed by atoms with Crippen LogP contribution in [0, 0.1) is 22.2 Å². The van der Waals surface area contributed by atoms with E-state index < -0.39 is 0 Å². The molecule has 2 atom stereocenters. The lowest BCUT2D eigenvalue weighted by Gasteiger charge is -2.50. The van der Waals surface area contributed by atoms with Crippen LogP contribution in [0.1, 0.15) is 131 Å². The molecule has 2 unspecified atom stereocenters. The first kappa shape index (κ1) is 27.5. The minimum atomic E-state index is 0.0573. The summed E-state index contributed by atoms with van der Waals surface area (Å²) in [4.78, 5) is 0. The van der Waals surface area contributed by atoms with E-state index in [1.165, 1.54) is 28.7 Å². The molecule has 5 rings (SSSR count). The molecule has 0 N–H and O–H groups in total. The molecule has 2 aromatic rings. The Morgan fingerprint density at radius 2 is 1.13 bits per heavy atom. The summed E-state index contributed by atoms with van der Waals surface area (Å²) in [7, 11) is 0. The molecule has 0 saturated carbocycles. The van der Waals surface area contributed by atoms with Gasteiger partial charge in [-0.25, -0.2) is 0 Å². The Kier molecular flexibility index (Phi) is 5.94. The van der Waals surface area contributed by atoms with Crippen LogP contribution < -0.4 is 0 Å². The highest BCUT2D eigenvalue weighted by Gasteiger charge is 2.59. The number of hydrogen-bond acceptors (Lipinski definition) is 0. The predicted molar refractivity (Wildman–Crippen MR) is 166 cm³/mol. The van der Waals surface area contributed by atoms with Gasteiger partial charge in [-0.3, -0.25) is 0 Å². The number of rotatable bonds is 1. The molecule has 0 fully saturated rings. The highest BCUT2D eigenvalue weighted by atomic mass is 14.6. The number of fused-ring (bicyclic) bond motifs is 3. The average molecular weight is 509 g/mol. The van der Waals surface area contributed by atoms with Crippen LogP contribution in [0.4, 0.5) is 0 Å². The van der Waals surface area contributed by atoms with Gasteiger partial charge in [-0.15, -0.1) is 0 Å². The van der Waals surface area contributed by atoms with Crippen molar-refractivity contribution in [1.82, 2.24) is 0 Å². The van der Waals surface area contributed by atoms with E-state index in [0.29, 0.717) is 11.8 Å². The number of allylic oxidation sites excluding steroid dienone is 4. The van der Waals surface area contributed by atoms with Gasteiger partial charge in [0, 0.05) is 11.3 Å². The van der Waals surface area contributed by atoms with Crippen LogP contribution >= 0.6 is 0 Å². The Hall–Kier alpha value is -2.08. The van der Waals surface area contributed by atoms with Gasteiger partial charge in [0.25, 0.3) is 0 Å². The second kappa shape index (κ2) is 8.22. The zero-order chi connectivity index (χ0) is 28.2. The number of benzene rings is 2. The molecule has 0 saturated heterocycles. The first-order valence-electron chi connectivity index (χ1n) is 15.0. The van der Waals surface area contributed by atoms with Gasteiger partial charge < -0.3 is 0 Å². The average Bonchev–Trinajstić information content (AvgIpc) is 3.42. The van der Waals surface area contributed by atoms with Gasteiger partial charge in [0.15, 0.2) is 0 Å². The van der Waals surface area contributed by atoms with Gasteiger partial charge in [0.2, 0.25) is 0 Å². The highest BCUT2D eigenvalue weighted by Crippen LogP contribution is 2.70. The molecule has 38 heavy (non-hydrogen) atoms. The SMILES string of the molecule is CC1CC(C2c3cc(C(C)(C)C)ccc3-c3ccc(C(C)(C)C)cc32)(C(C)(C)C)C2=C1CC(C(C)(C)C)=C2. The van der Waals surface area contributed by atoms with E-state index in [-0.39, 0.29) is 27.1 Å². The van der Waals surface area contributed by atoms with Crippen LogP contribution in [0.25, 0.3) is 11.1 Å². The van der Waals surface area contributed by atoms with Gasteiger partial charge >= 0.3 is 0 Å². The summed E-state index contributed by atoms with van der Waals surface area (Å²) in [6.07, 6.45) is 5.06. The standard InChI is InChI=1S/C38H52/c1-23-22-38(37(11,12)13,32-21-26(20-29(23)32)36(8,9)10)33-30-18-24(34(2,3)4)14-16-27(30)28-17-15-25(19-31(28)33)35(5,6)7/h14-19,21,23,33H,20,22H2,1-13H3. The molecule has 0 bridgehead atoms. The van der Waals surface area contributed by atoms with Crippen molar-refractivity contribution < 1.29 is 0 Å². The summed E-state index contributed by atoms with van der Waals surface area (Å²) in [5.41, 5.74) is 14.6. The molecule has 0 heterocycles. The molecule has 204 valence electrons. The van der Waals surface area contributed by atoms with Gasteiger partial charge in [0.05, 0.1) is 0 Å². The second-order valence-electron chi connectivity index (χ2n) is 16.9. The summed E-state index contributed by atoms with van der Waals surface area (Å²) in [6, 6.07) is 14.9. The van der Waals surface area contributed by atoms with Crippen molar-refractivity contribution in [1.29, 1.82) is 0 Å². The van der Waals surface area contributed by atoms with Crippen LogP contribution in [0.3, 0.4) is 0 Å². The van der Waals surface area contributed by atoms with Gasteiger partial charge in [-0.05, 0) is 79.4 Å². The Balaban J connectivity index is 1.85. The highest BCUT2D eigenvalue weighted by molar-refractivity contribution is 5.81. The van der Waals surface area contributed by atoms with Gasteiger partial charge in [-0.1, -0.05) is 144 Å². The Morgan fingerprint density at radius 3 is 1.53 bits per heavy atom. The third-order valence-corrected chi connectivity index (χ3v) is 10.3. The van der Waals surface area contributed by atoms with Crippen LogP contribution in [0.15, 0.2) is 59.2 Å². The molecule has 0 amide bonds. The molecule has 0 heteroatoms. The van der Waals surface area contributed by atoms with E-state index >= 15 is 0 Å². The van der Waals surface area contributed by atoms with E-state index in [2.05, 4.69) is 132 Å². The van der Waals surface area contributed by atoms with E-state index in [4.69, 9.17) is 0 Å². The van der Waals surface area contributed by atoms with E-state index in [9.17, 15) is 0 Å². The zero-order valence-electron chi connectivity index (χ0n) is 26.6. The van der Waals surface area contributed by atoms with Crippen LogP contribution in [0.5, 0.6) is 0 Å². The summed E-state index contributed by atoms with van der Waals surface area (Å²) in [5, 5.41) is 0. The fourth-order valence-electron chi connectivity index (χ4n) is 7.81. The van der Waals surface area contributed by atoms with Crippen molar-refractivity contribution in [3.8, 4) is 11.1 Å². The summed E-state index contributed by atoms with van der Waals surface area (Å²) < 4.78 is 0. The van der Waals surface area contributed by atoms with E-state index in [1.807, 2.05) is 0 Å². The molecule has 3 aliphatic rings. The monoisotopic (exact) mass is 508 g/mol. The molecule has 0 spiro atoms. The quantitative estimate of drug-likeness (QED) is 0.359. The summed E-state index contributed by atoms with van der Waals surface area (Å²) in [6.45, 7) is 31.4. The summed E-state index contributed by atoms with van der Waals surface area (Å²) in [5.74, 6) is 0.979. The molecular weight excluding hydrogens is 456 g/mol. The zero-order valence-corrected chi connectivity index (χ0v) is 26.6. The lowest BCUT2D eigenvalue weighted by molar-refractivity contribution is 0.103. The van der Waals surface area contributed by atoms with Crippen molar-refractivity contribution in [2.75, 3.05) is 0 Å². The maximum absolute atomic E-state index is 2.67. The van der Waals surface area contributed by atoms with Gasteiger partial charge in [-0.2, -0.15) is 0 Å². The molecule has 2 aromatic carbocycles. The molecular formula is C38H52. The van der Waals surface area contributed by atoms with Crippen molar-refractivity contribution in [2.45, 2.75) is 120 Å². The van der Waals surface area contributed by atoms with Crippen LogP contribution in [-0.4, -0.2) is 0 Å². The fourth-order valence-corrected chi connectivity index (χ4v) is 7.81. The predicted octanol–water partition coefficient (Wildman–Crippen LogP) is 11.1. The maximum atomic E-state index is 2.67. The van der Waals surface area contributed by atoms with Crippen molar-refractivity contribution in [3.05, 3.63) is 81.4 Å². The van der Waals surface area contributed by atoms with Crippen molar-refractivity contribution >= 4 is 0 Å². The topological polar surface area (TPSA) is 0 Å². The second-order valence-corrected chi connectivity index (χ2v) is 16.9. The molecule has 0 radical (unpaired) electrons. The largest absolute Gasteiger partial charge is 0.0605 e. The minimum Gasteiger partial charge on any atom is -0.0605 e. The first-order valence-corrected chi connectivity index (χ1v) is 15.0. The normalized spacial score (nSPS) is 24.0. The third kappa shape index (κ3) is 4.00. The lowest BCUT2D eigenvalue weighted by atomic mass is 9.53. The maximum Gasteiger partial charge on any atom is 0.0204 e. The minimum absolute atomic E-state index is 0.0573. The van der Waals surface area contributed by atoms with Crippen LogP contribution in [-0.2, 0) is 10.8 Å². The smallest absolute Gasteiger partial charge is 0.0204 e. The molecule has 0 aromatic heterocycles.